The first-order valence-electron chi connectivity index (χ1n) is 6.11. The molecule has 0 saturated carbocycles. The number of carbonyl (C=O) groups is 2. The molecule has 1 rings (SSSR count). The molecular weight excluding hydrogens is 246 g/mol. The number of phenols is 1. The minimum atomic E-state index is -1.17. The van der Waals surface area contributed by atoms with Crippen LogP contribution >= 0.6 is 0 Å². The average molecular weight is 265 g/mol. The fourth-order valence-corrected chi connectivity index (χ4v) is 1.66. The summed E-state index contributed by atoms with van der Waals surface area (Å²) >= 11 is 0. The average Bonchev–Trinajstić information content (AvgIpc) is 2.30. The van der Waals surface area contributed by atoms with Crippen LogP contribution in [-0.4, -0.2) is 22.1 Å². The SMILES string of the molecule is Cc1cc(O)c(C(C)C)cc1NC(=O)C(C)C(=O)O. The number of anilines is 1. The number of carboxylic acid groups (broad SMARTS) is 1. The molecule has 104 valence electrons. The molecule has 0 aliphatic heterocycles. The predicted molar refractivity (Wildman–Crippen MR) is 72.4 cm³/mol. The summed E-state index contributed by atoms with van der Waals surface area (Å²) in [6.07, 6.45) is 0. The largest absolute Gasteiger partial charge is 0.508 e. The summed E-state index contributed by atoms with van der Waals surface area (Å²) in [6, 6.07) is 3.25. The Balaban J connectivity index is 3.05. The van der Waals surface area contributed by atoms with E-state index in [1.54, 1.807) is 19.1 Å². The standard InChI is InChI=1S/C14H19NO4/c1-7(2)10-6-11(8(3)5-12(10)16)15-13(17)9(4)14(18)19/h5-7,9,16H,1-4H3,(H,15,17)(H,18,19). The first-order valence-corrected chi connectivity index (χ1v) is 6.11. The third-order valence-electron chi connectivity index (χ3n) is 3.02. The summed E-state index contributed by atoms with van der Waals surface area (Å²) < 4.78 is 0. The first kappa shape index (κ1) is 15.0. The molecule has 0 aromatic heterocycles. The van der Waals surface area contributed by atoms with Crippen LogP contribution in [-0.2, 0) is 9.59 Å². The zero-order valence-electron chi connectivity index (χ0n) is 11.5. The summed E-state index contributed by atoms with van der Waals surface area (Å²) in [5.74, 6) is -2.57. The highest BCUT2D eigenvalue weighted by atomic mass is 16.4. The van der Waals surface area contributed by atoms with E-state index in [-0.39, 0.29) is 11.7 Å². The van der Waals surface area contributed by atoms with Crippen LogP contribution in [0.25, 0.3) is 0 Å². The number of hydrogen-bond acceptors (Lipinski definition) is 3. The van der Waals surface area contributed by atoms with E-state index in [4.69, 9.17) is 5.11 Å². The number of rotatable bonds is 4. The number of carbonyl (C=O) groups excluding carboxylic acids is 1. The van der Waals surface area contributed by atoms with Crippen molar-refractivity contribution in [2.45, 2.75) is 33.6 Å². The van der Waals surface area contributed by atoms with Crippen molar-refractivity contribution in [2.75, 3.05) is 5.32 Å². The molecule has 0 heterocycles. The molecule has 0 radical (unpaired) electrons. The van der Waals surface area contributed by atoms with Gasteiger partial charge in [-0.3, -0.25) is 9.59 Å². The first-order chi connectivity index (χ1) is 8.73. The van der Waals surface area contributed by atoms with E-state index in [1.807, 2.05) is 13.8 Å². The van der Waals surface area contributed by atoms with E-state index in [2.05, 4.69) is 5.32 Å². The molecule has 0 fully saturated rings. The van der Waals surface area contributed by atoms with Gasteiger partial charge >= 0.3 is 5.97 Å². The molecule has 0 aliphatic rings. The molecule has 0 bridgehead atoms. The molecular formula is C14H19NO4. The van der Waals surface area contributed by atoms with Gasteiger partial charge in [0, 0.05) is 5.69 Å². The lowest BCUT2D eigenvalue weighted by atomic mass is 9.99. The second kappa shape index (κ2) is 5.73. The van der Waals surface area contributed by atoms with Crippen LogP contribution in [0.2, 0.25) is 0 Å². The number of aryl methyl sites for hydroxylation is 1. The maximum atomic E-state index is 11.7. The Bertz CT molecular complexity index is 508. The van der Waals surface area contributed by atoms with Crippen LogP contribution in [0.1, 0.15) is 37.8 Å². The summed E-state index contributed by atoms with van der Waals surface area (Å²) in [4.78, 5) is 22.5. The molecule has 1 amide bonds. The molecule has 1 unspecified atom stereocenters. The Hall–Kier alpha value is -2.04. The van der Waals surface area contributed by atoms with Crippen molar-refractivity contribution in [3.05, 3.63) is 23.3 Å². The monoisotopic (exact) mass is 265 g/mol. The van der Waals surface area contributed by atoms with Gasteiger partial charge in [-0.05, 0) is 43.0 Å². The Morgan fingerprint density at radius 3 is 2.26 bits per heavy atom. The molecule has 0 spiro atoms. The van der Waals surface area contributed by atoms with Crippen LogP contribution in [0, 0.1) is 12.8 Å². The van der Waals surface area contributed by atoms with E-state index in [0.29, 0.717) is 16.8 Å². The van der Waals surface area contributed by atoms with Gasteiger partial charge in [-0.1, -0.05) is 13.8 Å². The van der Waals surface area contributed by atoms with Gasteiger partial charge < -0.3 is 15.5 Å². The Morgan fingerprint density at radius 1 is 1.21 bits per heavy atom. The third kappa shape index (κ3) is 3.47. The van der Waals surface area contributed by atoms with Gasteiger partial charge in [0.05, 0.1) is 0 Å². The van der Waals surface area contributed by atoms with Crippen molar-refractivity contribution < 1.29 is 19.8 Å². The van der Waals surface area contributed by atoms with Crippen LogP contribution in [0.4, 0.5) is 5.69 Å². The number of benzene rings is 1. The third-order valence-corrected chi connectivity index (χ3v) is 3.02. The van der Waals surface area contributed by atoms with Gasteiger partial charge in [0.2, 0.25) is 5.91 Å². The van der Waals surface area contributed by atoms with Crippen LogP contribution in [0.3, 0.4) is 0 Å². The summed E-state index contributed by atoms with van der Waals surface area (Å²) in [6.45, 7) is 6.92. The molecule has 5 nitrogen and oxygen atoms in total. The van der Waals surface area contributed by atoms with Crippen molar-refractivity contribution in [2.24, 2.45) is 5.92 Å². The van der Waals surface area contributed by atoms with E-state index >= 15 is 0 Å². The summed E-state index contributed by atoms with van der Waals surface area (Å²) in [5.41, 5.74) is 1.93. The lowest BCUT2D eigenvalue weighted by Crippen LogP contribution is -2.27. The van der Waals surface area contributed by atoms with Gasteiger partial charge in [-0.15, -0.1) is 0 Å². The van der Waals surface area contributed by atoms with Gasteiger partial charge in [-0.2, -0.15) is 0 Å². The van der Waals surface area contributed by atoms with Gasteiger partial charge in [0.15, 0.2) is 0 Å². The highest BCUT2D eigenvalue weighted by molar-refractivity contribution is 6.04. The Kier molecular flexibility index (Phi) is 4.53. The molecule has 1 atom stereocenters. The smallest absolute Gasteiger partial charge is 0.315 e. The summed E-state index contributed by atoms with van der Waals surface area (Å²) in [7, 11) is 0. The lowest BCUT2D eigenvalue weighted by Gasteiger charge is -2.15. The van der Waals surface area contributed by atoms with Crippen molar-refractivity contribution in [1.82, 2.24) is 0 Å². The topological polar surface area (TPSA) is 86.6 Å². The van der Waals surface area contributed by atoms with Gasteiger partial charge in [-0.25, -0.2) is 0 Å². The molecule has 1 aromatic rings. The number of aliphatic carboxylic acids is 1. The Labute approximate surface area is 112 Å². The number of hydrogen-bond donors (Lipinski definition) is 3. The van der Waals surface area contributed by atoms with Crippen molar-refractivity contribution >= 4 is 17.6 Å². The number of aromatic hydroxyl groups is 1. The van der Waals surface area contributed by atoms with Crippen LogP contribution < -0.4 is 5.32 Å². The number of amides is 1. The maximum absolute atomic E-state index is 11.7. The molecule has 0 saturated heterocycles. The Morgan fingerprint density at radius 2 is 1.79 bits per heavy atom. The van der Waals surface area contributed by atoms with Crippen molar-refractivity contribution in [3.63, 3.8) is 0 Å². The molecule has 0 aliphatic carbocycles. The van der Waals surface area contributed by atoms with Crippen molar-refractivity contribution in [1.29, 1.82) is 0 Å². The van der Waals surface area contributed by atoms with Crippen LogP contribution in [0.5, 0.6) is 5.75 Å². The second-order valence-electron chi connectivity index (χ2n) is 4.93. The predicted octanol–water partition coefficient (Wildman–Crippen LogP) is 2.48. The van der Waals surface area contributed by atoms with E-state index in [1.165, 1.54) is 6.92 Å². The molecule has 1 aromatic carbocycles. The summed E-state index contributed by atoms with van der Waals surface area (Å²) in [5, 5.41) is 21.2. The van der Waals surface area contributed by atoms with E-state index in [9.17, 15) is 14.7 Å². The molecule has 5 heteroatoms. The molecule has 19 heavy (non-hydrogen) atoms. The fourth-order valence-electron chi connectivity index (χ4n) is 1.66. The second-order valence-corrected chi connectivity index (χ2v) is 4.93. The maximum Gasteiger partial charge on any atom is 0.315 e. The van der Waals surface area contributed by atoms with Crippen molar-refractivity contribution in [3.8, 4) is 5.75 Å². The van der Waals surface area contributed by atoms with Gasteiger partial charge in [0.25, 0.3) is 0 Å². The quantitative estimate of drug-likeness (QED) is 0.576. The zero-order valence-corrected chi connectivity index (χ0v) is 11.5. The van der Waals surface area contributed by atoms with Gasteiger partial charge in [0.1, 0.15) is 11.7 Å². The zero-order chi connectivity index (χ0) is 14.7. The number of carboxylic acids is 1. The van der Waals surface area contributed by atoms with E-state index in [0.717, 1.165) is 0 Å². The normalized spacial score (nSPS) is 12.3. The number of nitrogens with one attached hydrogen (secondary N) is 1. The highest BCUT2D eigenvalue weighted by Crippen LogP contribution is 2.31. The number of phenolic OH excluding ortho intramolecular Hbond substituents is 1. The van der Waals surface area contributed by atoms with Crippen LogP contribution in [0.15, 0.2) is 12.1 Å². The fraction of sp³-hybridized carbons (Fsp3) is 0.429. The molecule has 3 N–H and O–H groups in total. The van der Waals surface area contributed by atoms with E-state index < -0.39 is 17.8 Å². The minimum absolute atomic E-state index is 0.105. The lowest BCUT2D eigenvalue weighted by molar-refractivity contribution is -0.144. The highest BCUT2D eigenvalue weighted by Gasteiger charge is 2.21. The minimum Gasteiger partial charge on any atom is -0.508 e.